The van der Waals surface area contributed by atoms with Gasteiger partial charge in [0.25, 0.3) is 0 Å². The Morgan fingerprint density at radius 2 is 0.794 bits per heavy atom. The van der Waals surface area contributed by atoms with Crippen molar-refractivity contribution in [1.82, 2.24) is 0 Å². The molecule has 6 aromatic carbocycles. The van der Waals surface area contributed by atoms with E-state index >= 15 is 0 Å². The van der Waals surface area contributed by atoms with Crippen LogP contribution in [0.15, 0.2) is 147 Å². The maximum Gasteiger partial charge on any atom is 0.343 e. The molecule has 9 nitrogen and oxygen atoms in total. The SMILES string of the molecule is C.C.C.C=Cc1ccc(C(=O)Oc2cc(F)c(C#N)c(F)c2)cc1.C=Cc1ccc(C(=O)Oc2ccc(C#N)c(F)c2)cc1.C=Cc1ccc(C(=O)Oc2ccc(C#N)cc2)cc1. The summed E-state index contributed by atoms with van der Waals surface area (Å²) in [5.74, 6) is -4.50. The first kappa shape index (κ1) is 52.2. The topological polar surface area (TPSA) is 150 Å². The molecule has 0 aliphatic heterocycles. The number of benzene rings is 6. The van der Waals surface area contributed by atoms with Gasteiger partial charge in [0, 0.05) is 18.2 Å². The second kappa shape index (κ2) is 25.6. The van der Waals surface area contributed by atoms with Crippen LogP contribution in [0.1, 0.15) is 86.7 Å². The van der Waals surface area contributed by atoms with E-state index in [-0.39, 0.29) is 44.9 Å². The molecule has 0 atom stereocenters. The number of hydrogen-bond acceptors (Lipinski definition) is 9. The van der Waals surface area contributed by atoms with Crippen molar-refractivity contribution in [3.63, 3.8) is 0 Å². The molecule has 0 heterocycles. The van der Waals surface area contributed by atoms with Crippen molar-refractivity contribution < 1.29 is 41.8 Å². The number of hydrogen-bond donors (Lipinski definition) is 0. The lowest BCUT2D eigenvalue weighted by Crippen LogP contribution is -2.09. The molecule has 0 saturated carbocycles. The molecule has 0 aromatic heterocycles. The van der Waals surface area contributed by atoms with Crippen LogP contribution in [0.4, 0.5) is 13.2 Å². The van der Waals surface area contributed by atoms with Crippen LogP contribution in [-0.2, 0) is 0 Å². The van der Waals surface area contributed by atoms with E-state index in [1.165, 1.54) is 30.3 Å². The molecule has 0 aliphatic rings. The Labute approximate surface area is 365 Å². The van der Waals surface area contributed by atoms with Gasteiger partial charge in [-0.25, -0.2) is 27.6 Å². The van der Waals surface area contributed by atoms with Crippen LogP contribution in [0.3, 0.4) is 0 Å². The predicted molar refractivity (Wildman–Crippen MR) is 238 cm³/mol. The average molecular weight is 850 g/mol. The summed E-state index contributed by atoms with van der Waals surface area (Å²) in [5, 5.41) is 25.8. The van der Waals surface area contributed by atoms with Gasteiger partial charge in [-0.1, -0.05) is 96.6 Å². The summed E-state index contributed by atoms with van der Waals surface area (Å²) in [6.45, 7) is 10.8. The van der Waals surface area contributed by atoms with Crippen LogP contribution in [0.2, 0.25) is 0 Å². The highest BCUT2D eigenvalue weighted by molar-refractivity contribution is 5.92. The van der Waals surface area contributed by atoms with Crippen molar-refractivity contribution in [2.24, 2.45) is 0 Å². The summed E-state index contributed by atoms with van der Waals surface area (Å²) >= 11 is 0. The molecule has 0 aliphatic carbocycles. The Kier molecular flexibility index (Phi) is 21.3. The quantitative estimate of drug-likeness (QED) is 0.102. The number of nitrogens with zero attached hydrogens (tertiary/aromatic N) is 3. The van der Waals surface area contributed by atoms with E-state index in [1.54, 1.807) is 109 Å². The van der Waals surface area contributed by atoms with Crippen LogP contribution < -0.4 is 14.2 Å². The number of nitriles is 3. The molecule has 0 N–H and O–H groups in total. The molecular weight excluding hydrogens is 808 g/mol. The van der Waals surface area contributed by atoms with E-state index < -0.39 is 40.9 Å². The normalized spacial score (nSPS) is 9.14. The molecule has 0 radical (unpaired) electrons. The second-order valence-electron chi connectivity index (χ2n) is 11.9. The molecule has 6 rings (SSSR count). The lowest BCUT2D eigenvalue weighted by atomic mass is 10.1. The van der Waals surface area contributed by atoms with E-state index in [0.29, 0.717) is 22.4 Å². The first-order valence-electron chi connectivity index (χ1n) is 17.3. The molecule has 0 unspecified atom stereocenters. The van der Waals surface area contributed by atoms with Gasteiger partial charge in [-0.3, -0.25) is 0 Å². The van der Waals surface area contributed by atoms with Gasteiger partial charge in [-0.15, -0.1) is 0 Å². The van der Waals surface area contributed by atoms with Gasteiger partial charge in [0.1, 0.15) is 52.4 Å². The fraction of sp³-hybridized carbons (Fsp3) is 0.0588. The fourth-order valence-corrected chi connectivity index (χ4v) is 4.73. The molecule has 12 heteroatoms. The maximum absolute atomic E-state index is 13.4. The third-order valence-electron chi connectivity index (χ3n) is 7.95. The highest BCUT2D eigenvalue weighted by Crippen LogP contribution is 2.22. The van der Waals surface area contributed by atoms with Crippen molar-refractivity contribution >= 4 is 36.1 Å². The standard InChI is InChI=1S/C16H9F2NO2.C16H10FNO2.C16H11NO2.3CH4/c1-2-10-3-5-11(6-4-10)16(20)21-12-7-14(17)13(9-19)15(18)8-12;1-2-11-3-5-12(6-4-11)16(19)20-14-8-7-13(10-18)15(17)9-14;1-2-12-3-7-14(8-4-12)16(18)19-15-9-5-13(11-17)6-10-15;;;/h2-8H,1H2;2-9H,1H2;2-10H,1H2;3*1H4. The Morgan fingerprint density at radius 3 is 1.13 bits per heavy atom. The number of carbonyl (C=O) groups excluding carboxylic acids is 3. The highest BCUT2D eigenvalue weighted by Gasteiger charge is 2.15. The summed E-state index contributed by atoms with van der Waals surface area (Å²) < 4.78 is 55.3. The number of esters is 3. The van der Waals surface area contributed by atoms with Crippen LogP contribution in [0.25, 0.3) is 18.2 Å². The van der Waals surface area contributed by atoms with Gasteiger partial charge in [0.05, 0.1) is 33.9 Å². The number of carbonyl (C=O) groups is 3. The Hall–Kier alpha value is -8.79. The molecule has 0 spiro atoms. The van der Waals surface area contributed by atoms with Crippen LogP contribution >= 0.6 is 0 Å². The molecule has 318 valence electrons. The van der Waals surface area contributed by atoms with Crippen molar-refractivity contribution in [3.05, 3.63) is 215 Å². The smallest absolute Gasteiger partial charge is 0.343 e. The molecule has 0 bridgehead atoms. The van der Waals surface area contributed by atoms with Crippen molar-refractivity contribution in [1.29, 1.82) is 15.8 Å². The van der Waals surface area contributed by atoms with E-state index in [2.05, 4.69) is 19.7 Å². The summed E-state index contributed by atoms with van der Waals surface area (Å²) in [4.78, 5) is 35.5. The summed E-state index contributed by atoms with van der Waals surface area (Å²) in [7, 11) is 0. The molecule has 0 fully saturated rings. The Bertz CT molecular complexity index is 2650. The van der Waals surface area contributed by atoms with Crippen LogP contribution in [0, 0.1) is 51.4 Å². The van der Waals surface area contributed by atoms with E-state index in [9.17, 15) is 27.6 Å². The van der Waals surface area contributed by atoms with E-state index in [0.717, 1.165) is 34.9 Å². The highest BCUT2D eigenvalue weighted by atomic mass is 19.1. The zero-order valence-corrected chi connectivity index (χ0v) is 31.4. The molecule has 0 saturated heterocycles. The minimum absolute atomic E-state index is 0. The molecule has 63 heavy (non-hydrogen) atoms. The Morgan fingerprint density at radius 1 is 0.444 bits per heavy atom. The average Bonchev–Trinajstić information content (AvgIpc) is 3.27. The van der Waals surface area contributed by atoms with Gasteiger partial charge in [0.2, 0.25) is 0 Å². The number of halogens is 3. The van der Waals surface area contributed by atoms with Crippen LogP contribution in [-0.4, -0.2) is 17.9 Å². The number of rotatable bonds is 9. The lowest BCUT2D eigenvalue weighted by Gasteiger charge is -2.06. The van der Waals surface area contributed by atoms with Gasteiger partial charge < -0.3 is 14.2 Å². The summed E-state index contributed by atoms with van der Waals surface area (Å²) in [6, 6.07) is 36.6. The largest absolute Gasteiger partial charge is 0.423 e. The van der Waals surface area contributed by atoms with Gasteiger partial charge in [-0.05, 0) is 89.5 Å². The second-order valence-corrected chi connectivity index (χ2v) is 11.9. The molecular formula is C51H42F3N3O6. The predicted octanol–water partition coefficient (Wildman–Crippen LogP) is 12.6. The zero-order chi connectivity index (χ0) is 43.6. The van der Waals surface area contributed by atoms with Gasteiger partial charge in [-0.2, -0.15) is 15.8 Å². The summed E-state index contributed by atoms with van der Waals surface area (Å²) in [5.41, 5.74) is 3.39. The third kappa shape index (κ3) is 15.1. The van der Waals surface area contributed by atoms with Crippen molar-refractivity contribution in [2.45, 2.75) is 22.3 Å². The van der Waals surface area contributed by atoms with Gasteiger partial charge in [0.15, 0.2) is 0 Å². The van der Waals surface area contributed by atoms with Crippen LogP contribution in [0.5, 0.6) is 17.2 Å². The minimum Gasteiger partial charge on any atom is -0.423 e. The van der Waals surface area contributed by atoms with E-state index in [4.69, 9.17) is 30.0 Å². The molecule has 0 amide bonds. The monoisotopic (exact) mass is 849 g/mol. The number of ether oxygens (including phenoxy) is 3. The van der Waals surface area contributed by atoms with Crippen molar-refractivity contribution in [2.75, 3.05) is 0 Å². The first-order valence-corrected chi connectivity index (χ1v) is 17.3. The summed E-state index contributed by atoms with van der Waals surface area (Å²) in [6.07, 6.45) is 4.97. The zero-order valence-electron chi connectivity index (χ0n) is 31.4. The van der Waals surface area contributed by atoms with E-state index in [1.807, 2.05) is 6.07 Å². The fourth-order valence-electron chi connectivity index (χ4n) is 4.73. The lowest BCUT2D eigenvalue weighted by molar-refractivity contribution is 0.0724. The third-order valence-corrected chi connectivity index (χ3v) is 7.95. The minimum atomic E-state index is -1.08. The van der Waals surface area contributed by atoms with Gasteiger partial charge >= 0.3 is 17.9 Å². The first-order chi connectivity index (χ1) is 28.9. The maximum atomic E-state index is 13.4. The Balaban J connectivity index is 0.000000462. The van der Waals surface area contributed by atoms with Crippen molar-refractivity contribution in [3.8, 4) is 35.5 Å². The molecule has 6 aromatic rings.